The van der Waals surface area contributed by atoms with Crippen LogP contribution in [0.5, 0.6) is 0 Å². The van der Waals surface area contributed by atoms with E-state index in [-0.39, 0.29) is 30.4 Å². The van der Waals surface area contributed by atoms with E-state index in [0.717, 1.165) is 4.90 Å². The third-order valence-electron chi connectivity index (χ3n) is 3.44. The summed E-state index contributed by atoms with van der Waals surface area (Å²) in [6.45, 7) is 4.16. The highest BCUT2D eigenvalue weighted by Gasteiger charge is 2.36. The van der Waals surface area contributed by atoms with Crippen molar-refractivity contribution in [2.45, 2.75) is 26.5 Å². The lowest BCUT2D eigenvalue weighted by molar-refractivity contribution is 0.0624. The van der Waals surface area contributed by atoms with Crippen molar-refractivity contribution in [2.24, 2.45) is 0 Å². The molecular weight excluding hydrogens is 286 g/mol. The number of hydrogen-bond acceptors (Lipinski definition) is 6. The number of aromatic nitrogens is 2. The molecule has 0 saturated carbocycles. The summed E-state index contributed by atoms with van der Waals surface area (Å²) < 4.78 is 10.5. The smallest absolute Gasteiger partial charge is 0.262 e. The number of fused-ring (bicyclic) bond motifs is 1. The molecule has 2 aromatic rings. The van der Waals surface area contributed by atoms with Crippen LogP contribution in [0, 0.1) is 0 Å². The SMILES string of the molecule is CCOC(C)c1noc(CN2C(=O)c3ccccc3C2=O)n1. The van der Waals surface area contributed by atoms with E-state index in [1.54, 1.807) is 31.2 Å². The number of carbonyl (C=O) groups excluding carboxylic acids is 2. The van der Waals surface area contributed by atoms with E-state index in [1.807, 2.05) is 6.92 Å². The first-order valence-corrected chi connectivity index (χ1v) is 7.01. The molecule has 1 aliphatic heterocycles. The Bertz CT molecular complexity index is 690. The summed E-state index contributed by atoms with van der Waals surface area (Å²) in [5.74, 6) is -0.0964. The molecule has 0 radical (unpaired) electrons. The molecule has 0 spiro atoms. The lowest BCUT2D eigenvalue weighted by Gasteiger charge is -2.10. The molecule has 0 bridgehead atoms. The lowest BCUT2D eigenvalue weighted by Crippen LogP contribution is -2.29. The zero-order valence-electron chi connectivity index (χ0n) is 12.3. The number of ether oxygens (including phenoxy) is 1. The third kappa shape index (κ3) is 2.39. The Morgan fingerprint density at radius 1 is 1.23 bits per heavy atom. The van der Waals surface area contributed by atoms with Crippen molar-refractivity contribution in [3.8, 4) is 0 Å². The first kappa shape index (κ1) is 14.4. The van der Waals surface area contributed by atoms with Crippen LogP contribution in [0.3, 0.4) is 0 Å². The van der Waals surface area contributed by atoms with E-state index < -0.39 is 0 Å². The largest absolute Gasteiger partial charge is 0.371 e. The molecule has 1 aromatic heterocycles. The Labute approximate surface area is 126 Å². The summed E-state index contributed by atoms with van der Waals surface area (Å²) in [7, 11) is 0. The lowest BCUT2D eigenvalue weighted by atomic mass is 10.1. The quantitative estimate of drug-likeness (QED) is 0.785. The molecule has 3 rings (SSSR count). The van der Waals surface area contributed by atoms with Crippen molar-refractivity contribution in [1.82, 2.24) is 15.0 Å². The second kappa shape index (κ2) is 5.69. The zero-order valence-corrected chi connectivity index (χ0v) is 12.3. The van der Waals surface area contributed by atoms with Crippen LogP contribution in [-0.2, 0) is 11.3 Å². The molecule has 0 aliphatic carbocycles. The predicted octanol–water partition coefficient (Wildman–Crippen LogP) is 1.96. The maximum Gasteiger partial charge on any atom is 0.262 e. The molecule has 1 atom stereocenters. The van der Waals surface area contributed by atoms with Gasteiger partial charge in [0.15, 0.2) is 5.82 Å². The van der Waals surface area contributed by atoms with Gasteiger partial charge in [0.1, 0.15) is 12.6 Å². The van der Waals surface area contributed by atoms with Crippen LogP contribution in [0.25, 0.3) is 0 Å². The van der Waals surface area contributed by atoms with Gasteiger partial charge in [0, 0.05) is 6.61 Å². The summed E-state index contributed by atoms with van der Waals surface area (Å²) in [4.78, 5) is 29.8. The van der Waals surface area contributed by atoms with Crippen molar-refractivity contribution in [1.29, 1.82) is 0 Å². The third-order valence-corrected chi connectivity index (χ3v) is 3.44. The minimum absolute atomic E-state index is 0.0435. The van der Waals surface area contributed by atoms with Gasteiger partial charge in [-0.15, -0.1) is 0 Å². The van der Waals surface area contributed by atoms with Crippen molar-refractivity contribution in [2.75, 3.05) is 6.61 Å². The number of carbonyl (C=O) groups is 2. The van der Waals surface area contributed by atoms with Gasteiger partial charge < -0.3 is 9.26 Å². The fourth-order valence-corrected chi connectivity index (χ4v) is 2.34. The number of nitrogens with zero attached hydrogens (tertiary/aromatic N) is 3. The van der Waals surface area contributed by atoms with Gasteiger partial charge >= 0.3 is 0 Å². The number of amides is 2. The molecule has 0 N–H and O–H groups in total. The normalized spacial score (nSPS) is 15.3. The molecule has 1 aromatic carbocycles. The van der Waals surface area contributed by atoms with Crippen molar-refractivity contribution in [3.63, 3.8) is 0 Å². The summed E-state index contributed by atoms with van der Waals surface area (Å²) >= 11 is 0. The highest BCUT2D eigenvalue weighted by molar-refractivity contribution is 6.21. The maximum absolute atomic E-state index is 12.2. The molecular formula is C15H15N3O4. The Morgan fingerprint density at radius 2 is 1.86 bits per heavy atom. The second-order valence-electron chi connectivity index (χ2n) is 4.89. The Hall–Kier alpha value is -2.54. The van der Waals surface area contributed by atoms with Crippen molar-refractivity contribution >= 4 is 11.8 Å². The summed E-state index contributed by atoms with van der Waals surface area (Å²) in [6, 6.07) is 6.71. The predicted molar refractivity (Wildman–Crippen MR) is 75.0 cm³/mol. The van der Waals surface area contributed by atoms with Crippen LogP contribution < -0.4 is 0 Å². The van der Waals surface area contributed by atoms with Crippen molar-refractivity contribution in [3.05, 3.63) is 47.1 Å². The molecule has 0 saturated heterocycles. The average Bonchev–Trinajstić information content (AvgIpc) is 3.08. The van der Waals surface area contributed by atoms with Crippen LogP contribution in [0.4, 0.5) is 0 Å². The number of benzene rings is 1. The van der Waals surface area contributed by atoms with E-state index >= 15 is 0 Å². The zero-order chi connectivity index (χ0) is 15.7. The highest BCUT2D eigenvalue weighted by atomic mass is 16.5. The molecule has 1 unspecified atom stereocenters. The van der Waals surface area contributed by atoms with Gasteiger partial charge in [-0.3, -0.25) is 14.5 Å². The highest BCUT2D eigenvalue weighted by Crippen LogP contribution is 2.24. The molecule has 22 heavy (non-hydrogen) atoms. The molecule has 0 fully saturated rings. The fourth-order valence-electron chi connectivity index (χ4n) is 2.34. The van der Waals surface area contributed by atoms with Crippen LogP contribution in [0.1, 0.15) is 52.4 Å². The Kier molecular flexibility index (Phi) is 3.72. The van der Waals surface area contributed by atoms with Crippen LogP contribution >= 0.6 is 0 Å². The first-order valence-electron chi connectivity index (χ1n) is 7.01. The summed E-state index contributed by atoms with van der Waals surface area (Å²) in [5, 5.41) is 3.82. The van der Waals surface area contributed by atoms with Gasteiger partial charge in [-0.05, 0) is 26.0 Å². The number of imide groups is 1. The van der Waals surface area contributed by atoms with Gasteiger partial charge in [0.25, 0.3) is 11.8 Å². The fraction of sp³-hybridized carbons (Fsp3) is 0.333. The van der Waals surface area contributed by atoms with E-state index in [0.29, 0.717) is 23.6 Å². The van der Waals surface area contributed by atoms with Gasteiger partial charge in [0.05, 0.1) is 11.1 Å². The standard InChI is InChI=1S/C15H15N3O4/c1-3-21-9(2)13-16-12(22-17-13)8-18-14(19)10-6-4-5-7-11(10)15(18)20/h4-7,9H,3,8H2,1-2H3. The molecule has 114 valence electrons. The van der Waals surface area contributed by atoms with Crippen LogP contribution in [-0.4, -0.2) is 33.5 Å². The first-order chi connectivity index (χ1) is 10.6. The van der Waals surface area contributed by atoms with Gasteiger partial charge in [-0.1, -0.05) is 17.3 Å². The monoisotopic (exact) mass is 301 g/mol. The number of hydrogen-bond donors (Lipinski definition) is 0. The maximum atomic E-state index is 12.2. The molecule has 2 heterocycles. The molecule has 7 nitrogen and oxygen atoms in total. The molecule has 2 amide bonds. The van der Waals surface area contributed by atoms with Crippen LogP contribution in [0.2, 0.25) is 0 Å². The average molecular weight is 301 g/mol. The van der Waals surface area contributed by atoms with E-state index in [2.05, 4.69) is 10.1 Å². The minimum Gasteiger partial charge on any atom is -0.371 e. The Morgan fingerprint density at radius 3 is 2.45 bits per heavy atom. The summed E-state index contributed by atoms with van der Waals surface area (Å²) in [5.41, 5.74) is 0.796. The summed E-state index contributed by atoms with van der Waals surface area (Å²) in [6.07, 6.45) is -0.301. The topological polar surface area (TPSA) is 85.5 Å². The van der Waals surface area contributed by atoms with E-state index in [9.17, 15) is 9.59 Å². The van der Waals surface area contributed by atoms with E-state index in [1.165, 1.54) is 0 Å². The van der Waals surface area contributed by atoms with Gasteiger partial charge in [-0.25, -0.2) is 0 Å². The second-order valence-corrected chi connectivity index (χ2v) is 4.89. The van der Waals surface area contributed by atoms with E-state index in [4.69, 9.17) is 9.26 Å². The number of rotatable bonds is 5. The minimum atomic E-state index is -0.349. The molecule has 7 heteroatoms. The Balaban J connectivity index is 1.78. The van der Waals surface area contributed by atoms with Crippen LogP contribution in [0.15, 0.2) is 28.8 Å². The molecule has 1 aliphatic rings. The van der Waals surface area contributed by atoms with Crippen molar-refractivity contribution < 1.29 is 18.8 Å². The van der Waals surface area contributed by atoms with Gasteiger partial charge in [-0.2, -0.15) is 4.98 Å². The van der Waals surface area contributed by atoms with Gasteiger partial charge in [0.2, 0.25) is 5.89 Å².